The van der Waals surface area contributed by atoms with Crippen molar-refractivity contribution in [3.05, 3.63) is 5.01 Å². The van der Waals surface area contributed by atoms with Crippen molar-refractivity contribution in [2.45, 2.75) is 58.9 Å². The predicted octanol–water partition coefficient (Wildman–Crippen LogP) is 2.42. The fraction of sp³-hybridized carbons (Fsp3) is 0.733. The van der Waals surface area contributed by atoms with Crippen LogP contribution in [0.3, 0.4) is 0 Å². The number of hydrogen-bond donors (Lipinski definition) is 1. The average molecular weight is 324 g/mol. The predicted molar refractivity (Wildman–Crippen MR) is 86.8 cm³/mol. The van der Waals surface area contributed by atoms with Crippen LogP contribution in [-0.4, -0.2) is 39.5 Å². The molecule has 0 aromatic carbocycles. The third kappa shape index (κ3) is 3.45. The summed E-state index contributed by atoms with van der Waals surface area (Å²) in [5.74, 6) is -0.407. The van der Waals surface area contributed by atoms with Gasteiger partial charge in [0.2, 0.25) is 16.9 Å². The molecule has 2 amide bonds. The molecule has 1 aromatic heterocycles. The van der Waals surface area contributed by atoms with E-state index in [2.05, 4.69) is 36.3 Å². The van der Waals surface area contributed by atoms with Gasteiger partial charge in [0.05, 0.1) is 5.92 Å². The maximum Gasteiger partial charge on any atom is 0.231 e. The minimum absolute atomic E-state index is 0.0419. The Morgan fingerprint density at radius 2 is 2.14 bits per heavy atom. The fourth-order valence-corrected chi connectivity index (χ4v) is 3.23. The summed E-state index contributed by atoms with van der Waals surface area (Å²) in [6.07, 6.45) is 1.23. The highest BCUT2D eigenvalue weighted by Crippen LogP contribution is 2.31. The van der Waals surface area contributed by atoms with Gasteiger partial charge in [0.15, 0.2) is 0 Å². The monoisotopic (exact) mass is 324 g/mol. The molecule has 1 fully saturated rings. The number of nitrogens with zero attached hydrogens (tertiary/aromatic N) is 3. The number of aromatic nitrogens is 2. The van der Waals surface area contributed by atoms with Crippen molar-refractivity contribution < 1.29 is 9.59 Å². The van der Waals surface area contributed by atoms with E-state index in [4.69, 9.17) is 0 Å². The van der Waals surface area contributed by atoms with Crippen molar-refractivity contribution >= 4 is 28.3 Å². The van der Waals surface area contributed by atoms with Crippen molar-refractivity contribution in [1.82, 2.24) is 15.1 Å². The summed E-state index contributed by atoms with van der Waals surface area (Å²) in [5.41, 5.74) is -0.0432. The average Bonchev–Trinajstić information content (AvgIpc) is 3.05. The summed E-state index contributed by atoms with van der Waals surface area (Å²) in [6.45, 7) is 10.7. The third-order valence-corrected chi connectivity index (χ3v) is 5.48. The lowest BCUT2D eigenvalue weighted by atomic mass is 9.91. The minimum atomic E-state index is -0.304. The van der Waals surface area contributed by atoms with Crippen molar-refractivity contribution in [2.75, 3.05) is 11.9 Å². The Balaban J connectivity index is 2.00. The Morgan fingerprint density at radius 1 is 1.45 bits per heavy atom. The Morgan fingerprint density at radius 3 is 2.68 bits per heavy atom. The van der Waals surface area contributed by atoms with Crippen LogP contribution in [-0.2, 0) is 15.0 Å². The Hall–Kier alpha value is -1.50. The summed E-state index contributed by atoms with van der Waals surface area (Å²) in [6, 6.07) is 0.129. The second-order valence-corrected chi connectivity index (χ2v) is 7.66. The van der Waals surface area contributed by atoms with Gasteiger partial charge in [0, 0.05) is 24.4 Å². The first-order chi connectivity index (χ1) is 10.2. The van der Waals surface area contributed by atoms with Gasteiger partial charge in [0.1, 0.15) is 5.01 Å². The van der Waals surface area contributed by atoms with Crippen LogP contribution in [0.4, 0.5) is 5.13 Å². The first-order valence-corrected chi connectivity index (χ1v) is 8.50. The zero-order valence-corrected chi connectivity index (χ0v) is 14.7. The van der Waals surface area contributed by atoms with Gasteiger partial charge in [0.25, 0.3) is 0 Å². The summed E-state index contributed by atoms with van der Waals surface area (Å²) in [7, 11) is 0. The Bertz CT molecular complexity index is 568. The highest BCUT2D eigenvalue weighted by Gasteiger charge is 2.36. The number of likely N-dealkylation sites (tertiary alicyclic amines) is 1. The van der Waals surface area contributed by atoms with E-state index in [1.54, 1.807) is 4.90 Å². The highest BCUT2D eigenvalue weighted by atomic mass is 32.1. The van der Waals surface area contributed by atoms with Crippen LogP contribution in [0.15, 0.2) is 0 Å². The molecule has 1 aliphatic rings. The van der Waals surface area contributed by atoms with Gasteiger partial charge in [-0.25, -0.2) is 0 Å². The number of carbonyl (C=O) groups is 2. The Labute approximate surface area is 135 Å². The topological polar surface area (TPSA) is 75.2 Å². The molecule has 6 nitrogen and oxygen atoms in total. The van der Waals surface area contributed by atoms with Gasteiger partial charge in [-0.2, -0.15) is 0 Å². The molecule has 1 N–H and O–H groups in total. The summed E-state index contributed by atoms with van der Waals surface area (Å²) >= 11 is 1.41. The zero-order valence-electron chi connectivity index (χ0n) is 13.8. The quantitative estimate of drug-likeness (QED) is 0.902. The van der Waals surface area contributed by atoms with E-state index >= 15 is 0 Å². The molecular formula is C15H24N4O2S. The summed E-state index contributed by atoms with van der Waals surface area (Å²) < 4.78 is 0. The van der Waals surface area contributed by atoms with Gasteiger partial charge in [-0.15, -0.1) is 10.2 Å². The maximum atomic E-state index is 12.3. The van der Waals surface area contributed by atoms with Crippen LogP contribution in [0.25, 0.3) is 0 Å². The van der Waals surface area contributed by atoms with Gasteiger partial charge in [-0.1, -0.05) is 32.1 Å². The summed E-state index contributed by atoms with van der Waals surface area (Å²) in [4.78, 5) is 25.9. The fourth-order valence-electron chi connectivity index (χ4n) is 2.31. The number of anilines is 1. The first-order valence-electron chi connectivity index (χ1n) is 7.69. The van der Waals surface area contributed by atoms with Crippen LogP contribution >= 0.6 is 11.3 Å². The van der Waals surface area contributed by atoms with Crippen LogP contribution in [0.1, 0.15) is 52.5 Å². The SMILES string of the molecule is CCC(C)(C)c1nnc(NC(=O)[C@@H]2CC(=O)N(C(C)C)C2)s1. The molecule has 0 bridgehead atoms. The van der Waals surface area contributed by atoms with Crippen molar-refractivity contribution in [2.24, 2.45) is 5.92 Å². The van der Waals surface area contributed by atoms with Crippen molar-refractivity contribution in [3.63, 3.8) is 0 Å². The highest BCUT2D eigenvalue weighted by molar-refractivity contribution is 7.15. The van der Waals surface area contributed by atoms with E-state index in [0.29, 0.717) is 11.7 Å². The molecule has 1 aliphatic heterocycles. The van der Waals surface area contributed by atoms with Crippen LogP contribution in [0.5, 0.6) is 0 Å². The van der Waals surface area contributed by atoms with E-state index in [9.17, 15) is 9.59 Å². The minimum Gasteiger partial charge on any atom is -0.339 e. The molecule has 7 heteroatoms. The zero-order chi connectivity index (χ0) is 16.5. The van der Waals surface area contributed by atoms with Crippen molar-refractivity contribution in [3.8, 4) is 0 Å². The van der Waals surface area contributed by atoms with E-state index in [1.807, 2.05) is 13.8 Å². The van der Waals surface area contributed by atoms with E-state index < -0.39 is 0 Å². The van der Waals surface area contributed by atoms with Crippen molar-refractivity contribution in [1.29, 1.82) is 0 Å². The molecule has 0 saturated carbocycles. The molecule has 0 unspecified atom stereocenters. The normalized spacial score (nSPS) is 19.1. The lowest BCUT2D eigenvalue weighted by Crippen LogP contribution is -2.33. The van der Waals surface area contributed by atoms with Crippen LogP contribution in [0, 0.1) is 5.92 Å². The number of hydrogen-bond acceptors (Lipinski definition) is 5. The molecule has 1 saturated heterocycles. The largest absolute Gasteiger partial charge is 0.339 e. The molecule has 2 rings (SSSR count). The number of rotatable bonds is 5. The second kappa shape index (κ2) is 6.32. The molecule has 1 aromatic rings. The maximum absolute atomic E-state index is 12.3. The molecule has 1 atom stereocenters. The molecular weight excluding hydrogens is 300 g/mol. The lowest BCUT2D eigenvalue weighted by molar-refractivity contribution is -0.129. The molecule has 0 aliphatic carbocycles. The molecule has 122 valence electrons. The second-order valence-electron chi connectivity index (χ2n) is 6.68. The number of amides is 2. The molecule has 0 spiro atoms. The first kappa shape index (κ1) is 16.9. The smallest absolute Gasteiger partial charge is 0.231 e. The molecule has 22 heavy (non-hydrogen) atoms. The molecule has 2 heterocycles. The van der Waals surface area contributed by atoms with Gasteiger partial charge < -0.3 is 10.2 Å². The van der Waals surface area contributed by atoms with E-state index in [1.165, 1.54) is 11.3 Å². The summed E-state index contributed by atoms with van der Waals surface area (Å²) in [5, 5.41) is 12.5. The van der Waals surface area contributed by atoms with Gasteiger partial charge in [-0.05, 0) is 20.3 Å². The Kier molecular flexibility index (Phi) is 4.84. The number of nitrogens with one attached hydrogen (secondary N) is 1. The number of carbonyl (C=O) groups excluding carboxylic acids is 2. The van der Waals surface area contributed by atoms with E-state index in [-0.39, 0.29) is 35.6 Å². The van der Waals surface area contributed by atoms with E-state index in [0.717, 1.165) is 11.4 Å². The lowest BCUT2D eigenvalue weighted by Gasteiger charge is -2.20. The molecule has 0 radical (unpaired) electrons. The van der Waals surface area contributed by atoms with Crippen LogP contribution in [0.2, 0.25) is 0 Å². The standard InChI is InChI=1S/C15H24N4O2S/c1-6-15(4,5)13-17-18-14(22-13)16-12(21)10-7-11(20)19(8-10)9(2)3/h9-10H,6-8H2,1-5H3,(H,16,18,21)/t10-/m1/s1. The third-order valence-electron chi connectivity index (χ3n) is 4.27. The van der Waals surface area contributed by atoms with Gasteiger partial charge >= 0.3 is 0 Å². The van der Waals surface area contributed by atoms with Gasteiger partial charge in [-0.3, -0.25) is 9.59 Å². The van der Waals surface area contributed by atoms with Crippen LogP contribution < -0.4 is 5.32 Å².